The summed E-state index contributed by atoms with van der Waals surface area (Å²) in [5.41, 5.74) is 0. The van der Waals surface area contributed by atoms with Crippen molar-refractivity contribution in [3.63, 3.8) is 0 Å². The molecular weight excluding hydrogens is 180 g/mol. The van der Waals surface area contributed by atoms with Crippen LogP contribution in [-0.4, -0.2) is 9.97 Å². The van der Waals surface area contributed by atoms with E-state index in [1.807, 2.05) is 13.3 Å². The van der Waals surface area contributed by atoms with Crippen molar-refractivity contribution in [1.29, 1.82) is 0 Å². The third-order valence-corrected chi connectivity index (χ3v) is 1.31. The van der Waals surface area contributed by atoms with E-state index in [2.05, 4.69) is 25.9 Å². The average Bonchev–Trinajstić information content (AvgIpc) is 1.90. The zero-order valence-electron chi connectivity index (χ0n) is 5.00. The Kier molecular flexibility index (Phi) is 2.16. The number of aromatic nitrogens is 2. The molecule has 2 nitrogen and oxygen atoms in total. The van der Waals surface area contributed by atoms with Gasteiger partial charge in [-0.1, -0.05) is 6.92 Å². The Hall–Kier alpha value is -0.440. The average molecular weight is 186 g/mol. The van der Waals surface area contributed by atoms with Crippen LogP contribution in [0.2, 0.25) is 0 Å². The summed E-state index contributed by atoms with van der Waals surface area (Å²) in [6, 6.07) is 0. The molecule has 1 radical (unpaired) electrons. The molecule has 0 amide bonds. The standard InChI is InChI=1S/C6H6BrN2/c1-2-6-8-3-5(7)4-9-6/h2-4H,1H3. The van der Waals surface area contributed by atoms with Crippen molar-refractivity contribution in [2.45, 2.75) is 6.92 Å². The third kappa shape index (κ3) is 1.75. The van der Waals surface area contributed by atoms with E-state index in [4.69, 9.17) is 0 Å². The Morgan fingerprint density at radius 1 is 1.44 bits per heavy atom. The maximum absolute atomic E-state index is 3.98. The first kappa shape index (κ1) is 6.68. The van der Waals surface area contributed by atoms with Gasteiger partial charge in [0.2, 0.25) is 0 Å². The highest BCUT2D eigenvalue weighted by molar-refractivity contribution is 9.10. The highest BCUT2D eigenvalue weighted by Crippen LogP contribution is 2.04. The lowest BCUT2D eigenvalue weighted by atomic mass is 10.4. The predicted octanol–water partition coefficient (Wildman–Crippen LogP) is 1.81. The Balaban J connectivity index is 2.88. The molecule has 0 saturated carbocycles. The van der Waals surface area contributed by atoms with Crippen LogP contribution in [0, 0.1) is 6.42 Å². The van der Waals surface area contributed by atoms with Crippen LogP contribution in [0.1, 0.15) is 12.7 Å². The summed E-state index contributed by atoms with van der Waals surface area (Å²) < 4.78 is 0.910. The van der Waals surface area contributed by atoms with Gasteiger partial charge in [-0.2, -0.15) is 0 Å². The fraction of sp³-hybridized carbons (Fsp3) is 0.167. The molecule has 1 aromatic rings. The predicted molar refractivity (Wildman–Crippen MR) is 38.8 cm³/mol. The Bertz CT molecular complexity index is 183. The topological polar surface area (TPSA) is 25.8 Å². The van der Waals surface area contributed by atoms with E-state index < -0.39 is 0 Å². The normalized spacial score (nSPS) is 9.56. The summed E-state index contributed by atoms with van der Waals surface area (Å²) in [6.45, 7) is 1.91. The minimum Gasteiger partial charge on any atom is -0.240 e. The lowest BCUT2D eigenvalue weighted by Crippen LogP contribution is -1.87. The van der Waals surface area contributed by atoms with Crippen molar-refractivity contribution in [2.75, 3.05) is 0 Å². The van der Waals surface area contributed by atoms with Gasteiger partial charge in [0.1, 0.15) is 5.82 Å². The van der Waals surface area contributed by atoms with Crippen LogP contribution in [0.5, 0.6) is 0 Å². The fourth-order valence-electron chi connectivity index (χ4n) is 0.471. The Morgan fingerprint density at radius 3 is 2.44 bits per heavy atom. The van der Waals surface area contributed by atoms with E-state index in [-0.39, 0.29) is 0 Å². The number of halogens is 1. The van der Waals surface area contributed by atoms with Crippen LogP contribution in [0.3, 0.4) is 0 Å². The van der Waals surface area contributed by atoms with Crippen LogP contribution in [-0.2, 0) is 0 Å². The van der Waals surface area contributed by atoms with Crippen molar-refractivity contribution in [1.82, 2.24) is 9.97 Å². The molecule has 1 rings (SSSR count). The third-order valence-electron chi connectivity index (χ3n) is 0.899. The molecule has 0 aliphatic rings. The van der Waals surface area contributed by atoms with Gasteiger partial charge in [-0.05, 0) is 15.9 Å². The second-order valence-electron chi connectivity index (χ2n) is 1.55. The first-order valence-corrected chi connectivity index (χ1v) is 3.39. The monoisotopic (exact) mass is 185 g/mol. The molecule has 0 aliphatic carbocycles. The smallest absolute Gasteiger partial charge is 0.131 e. The van der Waals surface area contributed by atoms with Crippen molar-refractivity contribution >= 4 is 15.9 Å². The van der Waals surface area contributed by atoms with Gasteiger partial charge in [-0.25, -0.2) is 9.97 Å². The number of nitrogens with zero attached hydrogens (tertiary/aromatic N) is 2. The summed E-state index contributed by atoms with van der Waals surface area (Å²) >= 11 is 3.24. The van der Waals surface area contributed by atoms with E-state index in [9.17, 15) is 0 Å². The van der Waals surface area contributed by atoms with Crippen molar-refractivity contribution in [2.24, 2.45) is 0 Å². The number of hydrogen-bond donors (Lipinski definition) is 0. The molecule has 0 aliphatic heterocycles. The molecule has 0 spiro atoms. The van der Waals surface area contributed by atoms with Crippen LogP contribution in [0.15, 0.2) is 16.9 Å². The summed E-state index contributed by atoms with van der Waals surface area (Å²) in [6.07, 6.45) is 5.30. The quantitative estimate of drug-likeness (QED) is 0.668. The molecule has 0 saturated heterocycles. The van der Waals surface area contributed by atoms with Gasteiger partial charge in [-0.15, -0.1) is 0 Å². The van der Waals surface area contributed by atoms with Crippen molar-refractivity contribution < 1.29 is 0 Å². The molecule has 1 aromatic heterocycles. The molecule has 3 heteroatoms. The second kappa shape index (κ2) is 2.92. The molecular formula is C6H6BrN2. The number of rotatable bonds is 1. The zero-order chi connectivity index (χ0) is 6.69. The van der Waals surface area contributed by atoms with Gasteiger partial charge in [-0.3, -0.25) is 0 Å². The van der Waals surface area contributed by atoms with E-state index >= 15 is 0 Å². The van der Waals surface area contributed by atoms with Gasteiger partial charge in [0, 0.05) is 18.8 Å². The van der Waals surface area contributed by atoms with Gasteiger partial charge < -0.3 is 0 Å². The van der Waals surface area contributed by atoms with Crippen LogP contribution >= 0.6 is 15.9 Å². The van der Waals surface area contributed by atoms with Gasteiger partial charge in [0.25, 0.3) is 0 Å². The highest BCUT2D eigenvalue weighted by atomic mass is 79.9. The van der Waals surface area contributed by atoms with E-state index in [0.29, 0.717) is 0 Å². The van der Waals surface area contributed by atoms with Crippen molar-refractivity contribution in [3.8, 4) is 0 Å². The fourth-order valence-corrected chi connectivity index (χ4v) is 0.676. The minimum absolute atomic E-state index is 0.762. The molecule has 9 heavy (non-hydrogen) atoms. The molecule has 0 fully saturated rings. The lowest BCUT2D eigenvalue weighted by Gasteiger charge is -1.91. The SMILES string of the molecule is C[CH]c1ncc(Br)cn1. The molecule has 1 heterocycles. The second-order valence-corrected chi connectivity index (χ2v) is 2.46. The Morgan fingerprint density at radius 2 is 2.00 bits per heavy atom. The van der Waals surface area contributed by atoms with E-state index in [1.165, 1.54) is 0 Å². The van der Waals surface area contributed by atoms with Crippen LogP contribution in [0.25, 0.3) is 0 Å². The molecule has 47 valence electrons. The summed E-state index contributed by atoms with van der Waals surface area (Å²) in [4.78, 5) is 7.97. The number of hydrogen-bond acceptors (Lipinski definition) is 2. The summed E-state index contributed by atoms with van der Waals surface area (Å²) in [5.74, 6) is 0.762. The highest BCUT2D eigenvalue weighted by Gasteiger charge is 1.89. The molecule has 0 atom stereocenters. The summed E-state index contributed by atoms with van der Waals surface area (Å²) in [7, 11) is 0. The maximum atomic E-state index is 3.98. The molecule has 0 aromatic carbocycles. The lowest BCUT2D eigenvalue weighted by molar-refractivity contribution is 1.05. The van der Waals surface area contributed by atoms with Gasteiger partial charge >= 0.3 is 0 Å². The minimum atomic E-state index is 0.762. The van der Waals surface area contributed by atoms with Crippen molar-refractivity contribution in [3.05, 3.63) is 29.1 Å². The summed E-state index contributed by atoms with van der Waals surface area (Å²) in [5, 5.41) is 0. The Labute approximate surface area is 62.5 Å². The van der Waals surface area contributed by atoms with Gasteiger partial charge in [0.15, 0.2) is 0 Å². The molecule has 0 unspecified atom stereocenters. The van der Waals surface area contributed by atoms with Crippen LogP contribution in [0.4, 0.5) is 0 Å². The molecule has 0 bridgehead atoms. The van der Waals surface area contributed by atoms with E-state index in [0.717, 1.165) is 10.3 Å². The maximum Gasteiger partial charge on any atom is 0.131 e. The first-order chi connectivity index (χ1) is 4.33. The largest absolute Gasteiger partial charge is 0.240 e. The molecule has 0 N–H and O–H groups in total. The van der Waals surface area contributed by atoms with Crippen LogP contribution < -0.4 is 0 Å². The first-order valence-electron chi connectivity index (χ1n) is 2.60. The zero-order valence-corrected chi connectivity index (χ0v) is 6.59. The van der Waals surface area contributed by atoms with Gasteiger partial charge in [0.05, 0.1) is 4.47 Å². The van der Waals surface area contributed by atoms with E-state index in [1.54, 1.807) is 12.4 Å².